The van der Waals surface area contributed by atoms with Crippen LogP contribution in [0.4, 0.5) is 11.4 Å². The van der Waals surface area contributed by atoms with Gasteiger partial charge in [-0.2, -0.15) is 5.10 Å². The van der Waals surface area contributed by atoms with Crippen molar-refractivity contribution < 1.29 is 9.59 Å². The lowest BCUT2D eigenvalue weighted by Crippen LogP contribution is -2.10. The van der Waals surface area contributed by atoms with Crippen molar-refractivity contribution >= 4 is 34.5 Å². The zero-order valence-corrected chi connectivity index (χ0v) is 15.9. The first-order valence-corrected chi connectivity index (χ1v) is 8.96. The predicted octanol–water partition coefficient (Wildman–Crippen LogP) is 3.98. The van der Waals surface area contributed by atoms with Gasteiger partial charge >= 0.3 is 0 Å². The van der Waals surface area contributed by atoms with Crippen LogP contribution in [0.3, 0.4) is 0 Å². The minimum Gasteiger partial charge on any atom is -0.326 e. The van der Waals surface area contributed by atoms with E-state index in [-0.39, 0.29) is 11.8 Å². The minimum absolute atomic E-state index is 0.131. The van der Waals surface area contributed by atoms with Gasteiger partial charge in [0.25, 0.3) is 5.91 Å². The Morgan fingerprint density at radius 2 is 1.62 bits per heavy atom. The van der Waals surface area contributed by atoms with Crippen molar-refractivity contribution in [3.05, 3.63) is 52.7 Å². The van der Waals surface area contributed by atoms with Crippen LogP contribution in [0.1, 0.15) is 28.0 Å². The Balaban J connectivity index is 1.75. The van der Waals surface area contributed by atoms with E-state index in [4.69, 9.17) is 0 Å². The number of nitrogens with zero attached hydrogens (tertiary/aromatic N) is 2. The second kappa shape index (κ2) is 7.13. The summed E-state index contributed by atoms with van der Waals surface area (Å²) < 4.78 is 1.85. The molecule has 0 fully saturated rings. The monoisotopic (exact) mass is 368 g/mol. The number of hydrogen-bond acceptors (Lipinski definition) is 4. The Morgan fingerprint density at radius 1 is 1.00 bits per heavy atom. The summed E-state index contributed by atoms with van der Waals surface area (Å²) >= 11 is 1.44. The lowest BCUT2D eigenvalue weighted by atomic mass is 10.1. The molecule has 3 aromatic rings. The highest BCUT2D eigenvalue weighted by atomic mass is 32.1. The van der Waals surface area contributed by atoms with Gasteiger partial charge < -0.3 is 10.6 Å². The Kier molecular flexibility index (Phi) is 4.90. The van der Waals surface area contributed by atoms with Crippen LogP contribution in [0.5, 0.6) is 0 Å². The Labute approximate surface area is 155 Å². The van der Waals surface area contributed by atoms with Crippen molar-refractivity contribution in [1.29, 1.82) is 0 Å². The fraction of sp³-hybridized carbons (Fsp3) is 0.211. The first-order valence-electron chi connectivity index (χ1n) is 8.14. The van der Waals surface area contributed by atoms with E-state index in [2.05, 4.69) is 15.7 Å². The zero-order valence-electron chi connectivity index (χ0n) is 15.1. The lowest BCUT2D eigenvalue weighted by molar-refractivity contribution is -0.114. The zero-order chi connectivity index (χ0) is 18.8. The van der Waals surface area contributed by atoms with Gasteiger partial charge in [-0.1, -0.05) is 0 Å². The van der Waals surface area contributed by atoms with Gasteiger partial charge in [0.15, 0.2) is 0 Å². The van der Waals surface area contributed by atoms with Crippen LogP contribution >= 0.6 is 11.3 Å². The van der Waals surface area contributed by atoms with Crippen molar-refractivity contribution in [3.63, 3.8) is 0 Å². The Bertz CT molecular complexity index is 970. The van der Waals surface area contributed by atoms with E-state index in [1.807, 2.05) is 37.7 Å². The summed E-state index contributed by atoms with van der Waals surface area (Å²) in [7, 11) is 1.91. The first kappa shape index (κ1) is 17.9. The number of carbonyl (C=O) groups excluding carboxylic acids is 2. The van der Waals surface area contributed by atoms with Gasteiger partial charge in [0.05, 0.1) is 10.6 Å². The lowest BCUT2D eigenvalue weighted by Gasteiger charge is -2.06. The van der Waals surface area contributed by atoms with Crippen LogP contribution in [0.25, 0.3) is 10.4 Å². The van der Waals surface area contributed by atoms with Crippen LogP contribution in [0.15, 0.2) is 36.4 Å². The largest absolute Gasteiger partial charge is 0.326 e. The molecule has 7 heteroatoms. The number of thiophene rings is 1. The van der Waals surface area contributed by atoms with Gasteiger partial charge in [-0.15, -0.1) is 11.3 Å². The minimum atomic E-state index is -0.160. The van der Waals surface area contributed by atoms with E-state index >= 15 is 0 Å². The van der Waals surface area contributed by atoms with Crippen LogP contribution in [-0.4, -0.2) is 21.6 Å². The molecule has 0 unspecified atom stereocenters. The molecule has 2 aromatic heterocycles. The number of nitrogens with one attached hydrogen (secondary N) is 2. The number of anilines is 2. The highest BCUT2D eigenvalue weighted by Crippen LogP contribution is 2.33. The molecule has 0 aliphatic carbocycles. The van der Waals surface area contributed by atoms with Crippen molar-refractivity contribution in [3.8, 4) is 10.4 Å². The number of hydrogen-bond donors (Lipinski definition) is 2. The molecular formula is C19H20N4O2S. The van der Waals surface area contributed by atoms with Crippen molar-refractivity contribution in [2.45, 2.75) is 20.8 Å². The smallest absolute Gasteiger partial charge is 0.265 e. The SMILES string of the molecule is CC(=O)Nc1ccc(NC(=O)c2ccc(-c3c(C)nn(C)c3C)s2)cc1. The van der Waals surface area contributed by atoms with E-state index in [9.17, 15) is 9.59 Å². The highest BCUT2D eigenvalue weighted by molar-refractivity contribution is 7.17. The third-order valence-corrected chi connectivity index (χ3v) is 5.15. The van der Waals surface area contributed by atoms with Crippen LogP contribution in [0.2, 0.25) is 0 Å². The fourth-order valence-corrected chi connectivity index (χ4v) is 3.81. The average molecular weight is 368 g/mol. The van der Waals surface area contributed by atoms with E-state index in [1.54, 1.807) is 24.3 Å². The molecule has 2 heterocycles. The average Bonchev–Trinajstić information content (AvgIpc) is 3.14. The van der Waals surface area contributed by atoms with Gasteiger partial charge in [0.2, 0.25) is 5.91 Å². The highest BCUT2D eigenvalue weighted by Gasteiger charge is 2.16. The molecule has 2 N–H and O–H groups in total. The van der Waals surface area contributed by atoms with Crippen LogP contribution < -0.4 is 10.6 Å². The molecule has 0 aliphatic heterocycles. The summed E-state index contributed by atoms with van der Waals surface area (Å²) in [5, 5.41) is 10.00. The van der Waals surface area contributed by atoms with Gasteiger partial charge in [-0.25, -0.2) is 0 Å². The molecule has 0 bridgehead atoms. The summed E-state index contributed by atoms with van der Waals surface area (Å²) in [6.07, 6.45) is 0. The summed E-state index contributed by atoms with van der Waals surface area (Å²) in [6, 6.07) is 10.8. The van der Waals surface area contributed by atoms with Gasteiger partial charge in [0.1, 0.15) is 0 Å². The number of benzene rings is 1. The summed E-state index contributed by atoms with van der Waals surface area (Å²) in [6.45, 7) is 5.44. The van der Waals surface area contributed by atoms with Crippen LogP contribution in [-0.2, 0) is 11.8 Å². The maximum Gasteiger partial charge on any atom is 0.265 e. The molecule has 1 aromatic carbocycles. The van der Waals surface area contributed by atoms with Gasteiger partial charge in [-0.05, 0) is 50.2 Å². The molecule has 6 nitrogen and oxygen atoms in total. The molecule has 0 spiro atoms. The summed E-state index contributed by atoms with van der Waals surface area (Å²) in [5.41, 5.74) is 4.47. The normalized spacial score (nSPS) is 10.6. The molecule has 2 amide bonds. The third kappa shape index (κ3) is 3.67. The van der Waals surface area contributed by atoms with E-state index in [0.29, 0.717) is 16.3 Å². The van der Waals surface area contributed by atoms with Gasteiger partial charge in [0, 0.05) is 41.5 Å². The topological polar surface area (TPSA) is 76.0 Å². The van der Waals surface area contributed by atoms with Crippen LogP contribution in [0, 0.1) is 13.8 Å². The molecule has 0 radical (unpaired) electrons. The number of amides is 2. The maximum atomic E-state index is 12.5. The summed E-state index contributed by atoms with van der Waals surface area (Å²) in [4.78, 5) is 25.2. The van der Waals surface area contributed by atoms with Crippen molar-refractivity contribution in [2.24, 2.45) is 7.05 Å². The Morgan fingerprint density at radius 3 is 2.15 bits per heavy atom. The van der Waals surface area contributed by atoms with E-state index in [1.165, 1.54) is 18.3 Å². The fourth-order valence-electron chi connectivity index (χ4n) is 2.76. The van der Waals surface area contributed by atoms with Crippen molar-refractivity contribution in [2.75, 3.05) is 10.6 Å². The predicted molar refractivity (Wildman–Crippen MR) is 105 cm³/mol. The molecule has 3 rings (SSSR count). The van der Waals surface area contributed by atoms with E-state index in [0.717, 1.165) is 21.8 Å². The second-order valence-corrected chi connectivity index (χ2v) is 7.13. The molecule has 26 heavy (non-hydrogen) atoms. The first-order chi connectivity index (χ1) is 12.3. The molecular weight excluding hydrogens is 348 g/mol. The number of carbonyl (C=O) groups is 2. The maximum absolute atomic E-state index is 12.5. The summed E-state index contributed by atoms with van der Waals surface area (Å²) in [5.74, 6) is -0.290. The quantitative estimate of drug-likeness (QED) is 0.731. The second-order valence-electron chi connectivity index (χ2n) is 6.05. The molecule has 0 atom stereocenters. The Hall–Kier alpha value is -2.93. The standard InChI is InChI=1S/C19H20N4O2S/c1-11-18(12(2)23(4)22-11)16-9-10-17(26-16)19(25)21-15-7-5-14(6-8-15)20-13(3)24/h5-10H,1-4H3,(H,20,24)(H,21,25). The third-order valence-electron chi connectivity index (χ3n) is 4.05. The number of aromatic nitrogens is 2. The van der Waals surface area contributed by atoms with Crippen molar-refractivity contribution in [1.82, 2.24) is 9.78 Å². The molecule has 134 valence electrons. The molecule has 0 saturated heterocycles. The van der Waals surface area contributed by atoms with E-state index < -0.39 is 0 Å². The van der Waals surface area contributed by atoms with Gasteiger partial charge in [-0.3, -0.25) is 14.3 Å². The number of rotatable bonds is 4. The molecule has 0 saturated carbocycles. The molecule has 0 aliphatic rings. The number of aryl methyl sites for hydroxylation is 2.